The van der Waals surface area contributed by atoms with Crippen LogP contribution in [0, 0.1) is 5.82 Å². The highest BCUT2D eigenvalue weighted by molar-refractivity contribution is 8.00. The van der Waals surface area contributed by atoms with Gasteiger partial charge in [0.15, 0.2) is 0 Å². The second kappa shape index (κ2) is 13.6. The number of hydrogen-bond donors (Lipinski definition) is 3. The van der Waals surface area contributed by atoms with Crippen LogP contribution in [-0.4, -0.2) is 23.0 Å². The summed E-state index contributed by atoms with van der Waals surface area (Å²) in [5.41, 5.74) is 1.49. The van der Waals surface area contributed by atoms with Crippen molar-refractivity contribution in [1.82, 2.24) is 5.32 Å². The second-order valence-electron chi connectivity index (χ2n) is 8.63. The molecule has 40 heavy (non-hydrogen) atoms. The van der Waals surface area contributed by atoms with E-state index >= 15 is 0 Å². The smallest absolute Gasteiger partial charge is 0.272 e. The minimum absolute atomic E-state index is 0.120. The molecule has 1 unspecified atom stereocenters. The van der Waals surface area contributed by atoms with Crippen molar-refractivity contribution in [3.05, 3.63) is 131 Å². The molecule has 0 aliphatic heterocycles. The van der Waals surface area contributed by atoms with Gasteiger partial charge < -0.3 is 16.0 Å². The summed E-state index contributed by atoms with van der Waals surface area (Å²) in [5.74, 6) is -1.82. The van der Waals surface area contributed by atoms with E-state index in [1.165, 1.54) is 36.0 Å². The predicted octanol–water partition coefficient (Wildman–Crippen LogP) is 7.01. The Bertz CT molecular complexity index is 1530. The van der Waals surface area contributed by atoms with Crippen LogP contribution in [0.1, 0.15) is 22.8 Å². The van der Waals surface area contributed by atoms with Crippen LogP contribution < -0.4 is 16.0 Å². The van der Waals surface area contributed by atoms with E-state index in [1.807, 2.05) is 0 Å². The van der Waals surface area contributed by atoms with Crippen LogP contribution in [0.2, 0.25) is 5.02 Å². The molecule has 1 atom stereocenters. The van der Waals surface area contributed by atoms with Crippen molar-refractivity contribution in [2.24, 2.45) is 0 Å². The molecule has 4 rings (SSSR count). The van der Waals surface area contributed by atoms with Gasteiger partial charge in [0, 0.05) is 32.4 Å². The minimum Gasteiger partial charge on any atom is -0.325 e. The van der Waals surface area contributed by atoms with Gasteiger partial charge in [0.05, 0.1) is 5.25 Å². The molecule has 6 nitrogen and oxygen atoms in total. The number of hydrogen-bond acceptors (Lipinski definition) is 4. The predicted molar refractivity (Wildman–Crippen MR) is 159 cm³/mol. The van der Waals surface area contributed by atoms with Crippen molar-refractivity contribution in [3.63, 3.8) is 0 Å². The maximum absolute atomic E-state index is 14.3. The Morgan fingerprint density at radius 2 is 1.40 bits per heavy atom. The van der Waals surface area contributed by atoms with Gasteiger partial charge in [-0.05, 0) is 79.7 Å². The molecule has 0 heterocycles. The highest BCUT2D eigenvalue weighted by atomic mass is 35.5. The molecular weight excluding hydrogens is 549 g/mol. The molecule has 0 saturated carbocycles. The lowest BCUT2D eigenvalue weighted by atomic mass is 10.1. The van der Waals surface area contributed by atoms with Gasteiger partial charge in [0.2, 0.25) is 5.91 Å². The van der Waals surface area contributed by atoms with Crippen molar-refractivity contribution >= 4 is 58.5 Å². The van der Waals surface area contributed by atoms with E-state index in [-0.39, 0.29) is 22.4 Å². The van der Waals surface area contributed by atoms with Crippen LogP contribution in [0.3, 0.4) is 0 Å². The number of halogens is 2. The van der Waals surface area contributed by atoms with Gasteiger partial charge in [-0.2, -0.15) is 0 Å². The maximum Gasteiger partial charge on any atom is 0.272 e. The molecule has 4 aromatic carbocycles. The number of thioether (sulfide) groups is 1. The topological polar surface area (TPSA) is 87.3 Å². The Hall–Kier alpha value is -4.40. The standard InChI is InChI=1S/C31H25ClFN3O3S/c1-20(29(37)34-24-13-11-23(32)12-14-24)40-26-17-15-25(16-18-26)35-31(39)28(19-22-9-5-6-10-27(22)33)36-30(38)21-7-3-2-4-8-21/h2-20H,1H3,(H,34,37)(H,35,39)(H,36,38)/b28-19-. The number of amides is 3. The van der Waals surface area contributed by atoms with Gasteiger partial charge >= 0.3 is 0 Å². The molecule has 4 aromatic rings. The molecule has 0 bridgehead atoms. The molecule has 202 valence electrons. The molecule has 3 amide bonds. The van der Waals surface area contributed by atoms with Gasteiger partial charge in [-0.15, -0.1) is 11.8 Å². The first-order valence-corrected chi connectivity index (χ1v) is 13.5. The largest absolute Gasteiger partial charge is 0.325 e. The van der Waals surface area contributed by atoms with Crippen molar-refractivity contribution in [2.75, 3.05) is 10.6 Å². The Morgan fingerprint density at radius 1 is 0.800 bits per heavy atom. The Kier molecular flexibility index (Phi) is 9.72. The quantitative estimate of drug-likeness (QED) is 0.148. The number of benzene rings is 4. The van der Waals surface area contributed by atoms with Crippen LogP contribution in [0.5, 0.6) is 0 Å². The first kappa shape index (κ1) is 28.6. The van der Waals surface area contributed by atoms with Gasteiger partial charge in [-0.25, -0.2) is 4.39 Å². The number of nitrogens with one attached hydrogen (secondary N) is 3. The maximum atomic E-state index is 14.3. The molecule has 0 radical (unpaired) electrons. The summed E-state index contributed by atoms with van der Waals surface area (Å²) < 4.78 is 14.3. The van der Waals surface area contributed by atoms with Crippen molar-refractivity contribution in [1.29, 1.82) is 0 Å². The van der Waals surface area contributed by atoms with E-state index < -0.39 is 17.6 Å². The minimum atomic E-state index is -0.622. The van der Waals surface area contributed by atoms with Crippen molar-refractivity contribution in [2.45, 2.75) is 17.1 Å². The van der Waals surface area contributed by atoms with E-state index in [9.17, 15) is 18.8 Å². The lowest BCUT2D eigenvalue weighted by molar-refractivity contribution is -0.115. The van der Waals surface area contributed by atoms with Crippen molar-refractivity contribution < 1.29 is 18.8 Å². The lowest BCUT2D eigenvalue weighted by Gasteiger charge is -2.14. The third-order valence-electron chi connectivity index (χ3n) is 5.64. The first-order valence-electron chi connectivity index (χ1n) is 12.3. The van der Waals surface area contributed by atoms with Crippen molar-refractivity contribution in [3.8, 4) is 0 Å². The van der Waals surface area contributed by atoms with Crippen LogP contribution >= 0.6 is 23.4 Å². The third-order valence-corrected chi connectivity index (χ3v) is 7.00. The highest BCUT2D eigenvalue weighted by Crippen LogP contribution is 2.26. The average molecular weight is 574 g/mol. The second-order valence-corrected chi connectivity index (χ2v) is 10.5. The van der Waals surface area contributed by atoms with Gasteiger partial charge in [-0.1, -0.05) is 48.0 Å². The zero-order valence-corrected chi connectivity index (χ0v) is 22.9. The summed E-state index contributed by atoms with van der Waals surface area (Å²) in [4.78, 5) is 39.3. The molecule has 0 aromatic heterocycles. The molecule has 0 aliphatic carbocycles. The normalized spacial score (nSPS) is 11.8. The molecule has 0 fully saturated rings. The van der Waals surface area contributed by atoms with E-state index in [2.05, 4.69) is 16.0 Å². The summed E-state index contributed by atoms with van der Waals surface area (Å²) in [5, 5.41) is 8.37. The summed E-state index contributed by atoms with van der Waals surface area (Å²) in [6.07, 6.45) is 1.29. The summed E-state index contributed by atoms with van der Waals surface area (Å²) in [7, 11) is 0. The highest BCUT2D eigenvalue weighted by Gasteiger charge is 2.17. The van der Waals surface area contributed by atoms with Crippen LogP contribution in [0.15, 0.2) is 114 Å². The third kappa shape index (κ3) is 8.05. The summed E-state index contributed by atoms with van der Waals surface area (Å²) >= 11 is 7.25. The monoisotopic (exact) mass is 573 g/mol. The van der Waals surface area contributed by atoms with Crippen LogP contribution in [-0.2, 0) is 9.59 Å². The number of carbonyl (C=O) groups is 3. The van der Waals surface area contributed by atoms with E-state index in [0.717, 1.165) is 4.90 Å². The zero-order valence-electron chi connectivity index (χ0n) is 21.4. The van der Waals surface area contributed by atoms with Gasteiger partial charge in [0.25, 0.3) is 11.8 Å². The Labute approximate surface area is 240 Å². The number of carbonyl (C=O) groups excluding carboxylic acids is 3. The Morgan fingerprint density at radius 3 is 2.08 bits per heavy atom. The molecule has 0 aliphatic rings. The number of anilines is 2. The fraction of sp³-hybridized carbons (Fsp3) is 0.0645. The fourth-order valence-corrected chi connectivity index (χ4v) is 4.53. The van der Waals surface area contributed by atoms with Crippen LogP contribution in [0.4, 0.5) is 15.8 Å². The van der Waals surface area contributed by atoms with Gasteiger partial charge in [-0.3, -0.25) is 14.4 Å². The van der Waals surface area contributed by atoms with E-state index in [0.29, 0.717) is 22.0 Å². The van der Waals surface area contributed by atoms with Crippen LogP contribution in [0.25, 0.3) is 6.08 Å². The lowest BCUT2D eigenvalue weighted by Crippen LogP contribution is -2.30. The van der Waals surface area contributed by atoms with Gasteiger partial charge in [0.1, 0.15) is 11.5 Å². The average Bonchev–Trinajstić information content (AvgIpc) is 2.96. The molecule has 0 spiro atoms. The summed E-state index contributed by atoms with van der Waals surface area (Å²) in [6.45, 7) is 1.79. The molecule has 0 saturated heterocycles. The zero-order chi connectivity index (χ0) is 28.5. The first-order chi connectivity index (χ1) is 19.3. The van der Waals surface area contributed by atoms with E-state index in [4.69, 9.17) is 11.6 Å². The molecular formula is C31H25ClFN3O3S. The fourth-order valence-electron chi connectivity index (χ4n) is 3.54. The van der Waals surface area contributed by atoms with E-state index in [1.54, 1.807) is 91.9 Å². The molecule has 3 N–H and O–H groups in total. The summed E-state index contributed by atoms with van der Waals surface area (Å²) in [6, 6.07) is 28.1. The number of rotatable bonds is 9. The SMILES string of the molecule is CC(Sc1ccc(NC(=O)/C(=C/c2ccccc2F)NC(=O)c2ccccc2)cc1)C(=O)Nc1ccc(Cl)cc1. The Balaban J connectivity index is 1.43. The molecule has 9 heteroatoms.